The van der Waals surface area contributed by atoms with Crippen LogP contribution in [0.2, 0.25) is 5.02 Å². The highest BCUT2D eigenvalue weighted by molar-refractivity contribution is 6.35. The van der Waals surface area contributed by atoms with Gasteiger partial charge in [-0.3, -0.25) is 9.59 Å². The molecule has 1 amide bonds. The van der Waals surface area contributed by atoms with E-state index in [0.717, 1.165) is 12.0 Å². The quantitative estimate of drug-likeness (QED) is 0.736. The summed E-state index contributed by atoms with van der Waals surface area (Å²) < 4.78 is 7.70. The van der Waals surface area contributed by atoms with Gasteiger partial charge in [-0.1, -0.05) is 36.7 Å². The number of aromatic nitrogens is 1. The smallest absolute Gasteiger partial charge is 0.261 e. The molecule has 138 valence electrons. The van der Waals surface area contributed by atoms with Gasteiger partial charge in [0.2, 0.25) is 5.43 Å². The number of carbonyl (C=O) groups is 1. The number of carbonyl (C=O) groups excluding carboxylic acids is 1. The minimum atomic E-state index is -0.438. The van der Waals surface area contributed by atoms with Gasteiger partial charge in [0.25, 0.3) is 5.91 Å². The average molecular weight is 383 g/mol. The number of amides is 1. The second-order valence-corrected chi connectivity index (χ2v) is 7.09. The molecule has 0 bridgehead atoms. The monoisotopic (exact) mass is 382 g/mol. The van der Waals surface area contributed by atoms with Gasteiger partial charge in [0.1, 0.15) is 17.4 Å². The van der Waals surface area contributed by atoms with Gasteiger partial charge in [-0.25, -0.2) is 0 Å². The lowest BCUT2D eigenvalue weighted by atomic mass is 10.1. The molecular weight excluding hydrogens is 364 g/mol. The third kappa shape index (κ3) is 2.98. The lowest BCUT2D eigenvalue weighted by molar-refractivity contribution is 0.102. The Balaban J connectivity index is 1.86. The maximum atomic E-state index is 13.0. The lowest BCUT2D eigenvalue weighted by Crippen LogP contribution is -2.30. The zero-order chi connectivity index (χ0) is 19.1. The largest absolute Gasteiger partial charge is 0.487 e. The molecule has 0 unspecified atom stereocenters. The van der Waals surface area contributed by atoms with E-state index in [1.807, 2.05) is 42.7 Å². The van der Waals surface area contributed by atoms with E-state index in [0.29, 0.717) is 33.9 Å². The molecule has 0 saturated carbocycles. The van der Waals surface area contributed by atoms with Crippen LogP contribution in [-0.4, -0.2) is 16.6 Å². The van der Waals surface area contributed by atoms with E-state index in [9.17, 15) is 9.59 Å². The molecule has 0 radical (unpaired) electrons. The number of hydrogen-bond donors (Lipinski definition) is 1. The molecule has 3 aromatic rings. The number of nitrogens with one attached hydrogen (secondary N) is 1. The van der Waals surface area contributed by atoms with Crippen LogP contribution < -0.4 is 15.5 Å². The van der Waals surface area contributed by atoms with E-state index in [2.05, 4.69) is 5.32 Å². The van der Waals surface area contributed by atoms with Crippen LogP contribution in [-0.2, 0) is 13.0 Å². The van der Waals surface area contributed by atoms with E-state index in [-0.39, 0.29) is 11.7 Å². The standard InChI is InChI=1S/C21H19ClN2O3/c1-3-13-6-4-5-7-16(13)23-21(26)14-11-24-10-12(2)27-17-9-8-15(22)18(19(17)24)20(14)25/h4-9,11-12H,3,10H2,1-2H3,(H,23,26)/t12-/m1/s1. The van der Waals surface area contributed by atoms with Gasteiger partial charge in [0.05, 0.1) is 22.5 Å². The first-order valence-electron chi connectivity index (χ1n) is 8.91. The van der Waals surface area contributed by atoms with Crippen LogP contribution in [0.4, 0.5) is 5.69 Å². The zero-order valence-corrected chi connectivity index (χ0v) is 15.8. The van der Waals surface area contributed by atoms with Crippen molar-refractivity contribution in [1.29, 1.82) is 0 Å². The summed E-state index contributed by atoms with van der Waals surface area (Å²) in [6, 6.07) is 11.0. The predicted octanol–water partition coefficient (Wildman–Crippen LogP) is 4.25. The number of para-hydroxylation sites is 1. The predicted molar refractivity (Wildman–Crippen MR) is 107 cm³/mol. The molecule has 1 N–H and O–H groups in total. The summed E-state index contributed by atoms with van der Waals surface area (Å²) in [5.41, 5.74) is 2.03. The summed E-state index contributed by atoms with van der Waals surface area (Å²) >= 11 is 6.31. The number of ether oxygens (including phenoxy) is 1. The van der Waals surface area contributed by atoms with Crippen molar-refractivity contribution in [1.82, 2.24) is 4.57 Å². The Hall–Kier alpha value is -2.79. The van der Waals surface area contributed by atoms with Crippen LogP contribution in [0.25, 0.3) is 10.9 Å². The SMILES string of the molecule is CCc1ccccc1NC(=O)c1cn2c3c(ccc(Cl)c3c1=O)O[C@H](C)C2. The van der Waals surface area contributed by atoms with Crippen molar-refractivity contribution in [2.24, 2.45) is 0 Å². The summed E-state index contributed by atoms with van der Waals surface area (Å²) in [7, 11) is 0. The van der Waals surface area contributed by atoms with Gasteiger partial charge in [0, 0.05) is 11.9 Å². The number of rotatable bonds is 3. The van der Waals surface area contributed by atoms with Gasteiger partial charge in [-0.05, 0) is 37.1 Å². The number of nitrogens with zero attached hydrogens (tertiary/aromatic N) is 1. The molecular formula is C21H19ClN2O3. The summed E-state index contributed by atoms with van der Waals surface area (Å²) in [4.78, 5) is 26.0. The van der Waals surface area contributed by atoms with Crippen molar-refractivity contribution in [3.05, 3.63) is 69.0 Å². The Morgan fingerprint density at radius 3 is 2.85 bits per heavy atom. The molecule has 1 aliphatic rings. The number of aryl methyl sites for hydroxylation is 1. The molecule has 4 rings (SSSR count). The van der Waals surface area contributed by atoms with Crippen LogP contribution in [0.1, 0.15) is 29.8 Å². The van der Waals surface area contributed by atoms with Crippen molar-refractivity contribution in [2.75, 3.05) is 5.32 Å². The van der Waals surface area contributed by atoms with E-state index in [4.69, 9.17) is 16.3 Å². The first kappa shape index (κ1) is 17.6. The van der Waals surface area contributed by atoms with Gasteiger partial charge < -0.3 is 14.6 Å². The number of benzene rings is 2. The van der Waals surface area contributed by atoms with Crippen LogP contribution in [0.15, 0.2) is 47.4 Å². The molecule has 5 nitrogen and oxygen atoms in total. The van der Waals surface area contributed by atoms with E-state index < -0.39 is 11.3 Å². The fourth-order valence-electron chi connectivity index (χ4n) is 3.53. The van der Waals surface area contributed by atoms with Crippen molar-refractivity contribution in [3.8, 4) is 5.75 Å². The second kappa shape index (κ2) is 6.74. The number of hydrogen-bond acceptors (Lipinski definition) is 3. The van der Waals surface area contributed by atoms with Gasteiger partial charge in [-0.15, -0.1) is 0 Å². The molecule has 0 spiro atoms. The van der Waals surface area contributed by atoms with E-state index in [1.165, 1.54) is 0 Å². The fourth-order valence-corrected chi connectivity index (χ4v) is 3.77. The first-order chi connectivity index (χ1) is 13.0. The Morgan fingerprint density at radius 2 is 2.07 bits per heavy atom. The first-order valence-corrected chi connectivity index (χ1v) is 9.29. The van der Waals surface area contributed by atoms with Gasteiger partial charge >= 0.3 is 0 Å². The molecule has 6 heteroatoms. The number of anilines is 1. The second-order valence-electron chi connectivity index (χ2n) is 6.69. The molecule has 2 aromatic carbocycles. The fraction of sp³-hybridized carbons (Fsp3) is 0.238. The molecule has 1 aliphatic heterocycles. The summed E-state index contributed by atoms with van der Waals surface area (Å²) in [5, 5.41) is 3.50. The average Bonchev–Trinajstić information content (AvgIpc) is 2.65. The summed E-state index contributed by atoms with van der Waals surface area (Å²) in [5.74, 6) is 0.167. The van der Waals surface area contributed by atoms with Crippen molar-refractivity contribution in [2.45, 2.75) is 32.9 Å². The maximum Gasteiger partial charge on any atom is 0.261 e. The van der Waals surface area contributed by atoms with E-state index >= 15 is 0 Å². The molecule has 0 fully saturated rings. The molecule has 1 atom stereocenters. The highest BCUT2D eigenvalue weighted by Gasteiger charge is 2.24. The molecule has 0 saturated heterocycles. The Morgan fingerprint density at radius 1 is 1.30 bits per heavy atom. The third-order valence-electron chi connectivity index (χ3n) is 4.81. The molecule has 1 aromatic heterocycles. The van der Waals surface area contributed by atoms with Crippen molar-refractivity contribution < 1.29 is 9.53 Å². The van der Waals surface area contributed by atoms with Crippen molar-refractivity contribution >= 4 is 34.1 Å². The lowest BCUT2D eigenvalue weighted by Gasteiger charge is -2.26. The maximum absolute atomic E-state index is 13.0. The summed E-state index contributed by atoms with van der Waals surface area (Å²) in [6.07, 6.45) is 2.32. The third-order valence-corrected chi connectivity index (χ3v) is 5.12. The van der Waals surface area contributed by atoms with Gasteiger partial charge in [-0.2, -0.15) is 0 Å². The van der Waals surface area contributed by atoms with Gasteiger partial charge in [0.15, 0.2) is 0 Å². The Bertz CT molecular complexity index is 1120. The van der Waals surface area contributed by atoms with Crippen LogP contribution in [0.3, 0.4) is 0 Å². The molecule has 2 heterocycles. The minimum absolute atomic E-state index is 0.0684. The van der Waals surface area contributed by atoms with Crippen LogP contribution >= 0.6 is 11.6 Å². The van der Waals surface area contributed by atoms with E-state index in [1.54, 1.807) is 18.3 Å². The Labute approximate surface area is 161 Å². The Kier molecular flexibility index (Phi) is 4.40. The number of halogens is 1. The minimum Gasteiger partial charge on any atom is -0.487 e. The zero-order valence-electron chi connectivity index (χ0n) is 15.1. The normalized spacial score (nSPS) is 15.4. The summed E-state index contributed by atoms with van der Waals surface area (Å²) in [6.45, 7) is 4.50. The topological polar surface area (TPSA) is 60.3 Å². The highest BCUT2D eigenvalue weighted by atomic mass is 35.5. The van der Waals surface area contributed by atoms with Crippen LogP contribution in [0.5, 0.6) is 5.75 Å². The van der Waals surface area contributed by atoms with Crippen LogP contribution in [0, 0.1) is 0 Å². The number of pyridine rings is 1. The molecule has 0 aliphatic carbocycles. The van der Waals surface area contributed by atoms with Crippen molar-refractivity contribution in [3.63, 3.8) is 0 Å². The highest BCUT2D eigenvalue weighted by Crippen LogP contribution is 2.33. The molecule has 27 heavy (non-hydrogen) atoms.